The molecule has 154 valence electrons. The van der Waals surface area contributed by atoms with Crippen molar-refractivity contribution in [1.82, 2.24) is 19.3 Å². The zero-order valence-electron chi connectivity index (χ0n) is 17.3. The SMILES string of the molecule is Cc1ccc(-c2nc3cccnc3n2CCNS(=O)(=O)c2ccc(C)cc2C)cc1. The minimum absolute atomic E-state index is 0.233. The van der Waals surface area contributed by atoms with Gasteiger partial charge in [-0.15, -0.1) is 0 Å². The normalized spacial score (nSPS) is 11.8. The van der Waals surface area contributed by atoms with Gasteiger partial charge in [0.1, 0.15) is 11.3 Å². The van der Waals surface area contributed by atoms with Crippen molar-refractivity contribution in [3.63, 3.8) is 0 Å². The lowest BCUT2D eigenvalue weighted by molar-refractivity contribution is 0.574. The first-order valence-electron chi connectivity index (χ1n) is 9.80. The van der Waals surface area contributed by atoms with Crippen LogP contribution in [0.2, 0.25) is 0 Å². The van der Waals surface area contributed by atoms with Crippen LogP contribution in [0.5, 0.6) is 0 Å². The molecule has 6 nitrogen and oxygen atoms in total. The van der Waals surface area contributed by atoms with E-state index < -0.39 is 10.0 Å². The molecule has 0 unspecified atom stereocenters. The molecular formula is C23H24N4O2S. The number of nitrogens with one attached hydrogen (secondary N) is 1. The molecule has 0 radical (unpaired) electrons. The summed E-state index contributed by atoms with van der Waals surface area (Å²) >= 11 is 0. The molecule has 0 atom stereocenters. The van der Waals surface area contributed by atoms with Crippen molar-refractivity contribution in [3.05, 3.63) is 77.5 Å². The second-order valence-electron chi connectivity index (χ2n) is 7.47. The molecule has 0 aliphatic rings. The van der Waals surface area contributed by atoms with E-state index in [4.69, 9.17) is 4.98 Å². The molecule has 30 heavy (non-hydrogen) atoms. The number of rotatable bonds is 6. The summed E-state index contributed by atoms with van der Waals surface area (Å²) in [5, 5.41) is 0. The molecule has 0 bridgehead atoms. The number of imidazole rings is 1. The van der Waals surface area contributed by atoms with Crippen LogP contribution in [-0.2, 0) is 16.6 Å². The predicted octanol–water partition coefficient (Wildman–Crippen LogP) is 4.00. The lowest BCUT2D eigenvalue weighted by atomic mass is 10.1. The molecule has 7 heteroatoms. The highest BCUT2D eigenvalue weighted by atomic mass is 32.2. The minimum atomic E-state index is -3.60. The maximum Gasteiger partial charge on any atom is 0.240 e. The van der Waals surface area contributed by atoms with Crippen molar-refractivity contribution in [2.45, 2.75) is 32.2 Å². The number of pyridine rings is 1. The van der Waals surface area contributed by atoms with Crippen LogP contribution in [0.3, 0.4) is 0 Å². The van der Waals surface area contributed by atoms with Gasteiger partial charge in [0.2, 0.25) is 10.0 Å². The summed E-state index contributed by atoms with van der Waals surface area (Å²) in [6, 6.07) is 17.2. The average molecular weight is 421 g/mol. The molecule has 2 aromatic heterocycles. The Bertz CT molecular complexity index is 1310. The van der Waals surface area contributed by atoms with Gasteiger partial charge < -0.3 is 4.57 Å². The van der Waals surface area contributed by atoms with Crippen LogP contribution < -0.4 is 4.72 Å². The Labute approximate surface area is 176 Å². The minimum Gasteiger partial charge on any atom is -0.307 e. The fraction of sp³-hybridized carbons (Fsp3) is 0.217. The number of hydrogen-bond donors (Lipinski definition) is 1. The third-order valence-corrected chi connectivity index (χ3v) is 6.68. The smallest absolute Gasteiger partial charge is 0.240 e. The van der Waals surface area contributed by atoms with Gasteiger partial charge in [0.15, 0.2) is 5.65 Å². The number of benzene rings is 2. The van der Waals surface area contributed by atoms with Crippen molar-refractivity contribution in [1.29, 1.82) is 0 Å². The van der Waals surface area contributed by atoms with E-state index >= 15 is 0 Å². The van der Waals surface area contributed by atoms with Gasteiger partial charge in [-0.05, 0) is 44.5 Å². The standard InChI is InChI=1S/C23H24N4O2S/c1-16-6-9-19(10-7-16)22-26-20-5-4-12-24-23(20)27(22)14-13-25-30(28,29)21-11-8-17(2)15-18(21)3/h4-12,15,25H,13-14H2,1-3H3. The van der Waals surface area contributed by atoms with E-state index in [0.717, 1.165) is 33.7 Å². The lowest BCUT2D eigenvalue weighted by Crippen LogP contribution is -2.28. The van der Waals surface area contributed by atoms with Gasteiger partial charge in [-0.2, -0.15) is 0 Å². The van der Waals surface area contributed by atoms with E-state index in [9.17, 15) is 8.42 Å². The van der Waals surface area contributed by atoms with E-state index in [2.05, 4.69) is 9.71 Å². The van der Waals surface area contributed by atoms with Crippen LogP contribution in [0, 0.1) is 20.8 Å². The summed E-state index contributed by atoms with van der Waals surface area (Å²) < 4.78 is 30.3. The summed E-state index contributed by atoms with van der Waals surface area (Å²) in [5.74, 6) is 0.773. The molecule has 0 saturated carbocycles. The van der Waals surface area contributed by atoms with Crippen LogP contribution in [0.25, 0.3) is 22.6 Å². The van der Waals surface area contributed by atoms with Crippen molar-refractivity contribution in [2.24, 2.45) is 0 Å². The van der Waals surface area contributed by atoms with Gasteiger partial charge in [0, 0.05) is 24.8 Å². The Morgan fingerprint density at radius 3 is 2.43 bits per heavy atom. The topological polar surface area (TPSA) is 76.9 Å². The third-order valence-electron chi connectivity index (χ3n) is 5.06. The molecule has 0 aliphatic carbocycles. The van der Waals surface area contributed by atoms with Crippen LogP contribution in [-0.4, -0.2) is 29.5 Å². The maximum atomic E-state index is 12.8. The highest BCUT2D eigenvalue weighted by Gasteiger charge is 2.18. The van der Waals surface area contributed by atoms with Gasteiger partial charge in [0.25, 0.3) is 0 Å². The molecule has 1 N–H and O–H groups in total. The van der Waals surface area contributed by atoms with Crippen molar-refractivity contribution in [2.75, 3.05) is 6.54 Å². The Balaban J connectivity index is 1.62. The van der Waals surface area contributed by atoms with Crippen molar-refractivity contribution < 1.29 is 8.42 Å². The largest absolute Gasteiger partial charge is 0.307 e. The highest BCUT2D eigenvalue weighted by molar-refractivity contribution is 7.89. The Morgan fingerprint density at radius 2 is 1.70 bits per heavy atom. The summed E-state index contributed by atoms with van der Waals surface area (Å²) in [7, 11) is -3.60. The molecule has 0 aliphatic heterocycles. The highest BCUT2D eigenvalue weighted by Crippen LogP contribution is 2.24. The second kappa shape index (κ2) is 8.01. The Morgan fingerprint density at radius 1 is 0.967 bits per heavy atom. The molecular weight excluding hydrogens is 396 g/mol. The molecule has 0 fully saturated rings. The van der Waals surface area contributed by atoms with Crippen LogP contribution in [0.15, 0.2) is 65.7 Å². The van der Waals surface area contributed by atoms with Crippen LogP contribution in [0.1, 0.15) is 16.7 Å². The monoisotopic (exact) mass is 420 g/mol. The lowest BCUT2D eigenvalue weighted by Gasteiger charge is -2.12. The fourth-order valence-electron chi connectivity index (χ4n) is 3.56. The average Bonchev–Trinajstić information content (AvgIpc) is 3.07. The van der Waals surface area contributed by atoms with E-state index in [0.29, 0.717) is 11.4 Å². The van der Waals surface area contributed by atoms with E-state index in [1.54, 1.807) is 12.3 Å². The number of sulfonamides is 1. The summed E-state index contributed by atoms with van der Waals surface area (Å²) in [6.07, 6.45) is 1.72. The quantitative estimate of drug-likeness (QED) is 0.511. The first kappa shape index (κ1) is 20.3. The Kier molecular flexibility index (Phi) is 5.40. The number of aryl methyl sites for hydroxylation is 3. The first-order valence-corrected chi connectivity index (χ1v) is 11.3. The molecule has 2 aromatic carbocycles. The molecule has 0 amide bonds. The first-order chi connectivity index (χ1) is 14.3. The molecule has 2 heterocycles. The van der Waals surface area contributed by atoms with Crippen molar-refractivity contribution in [3.8, 4) is 11.4 Å². The molecule has 4 rings (SSSR count). The van der Waals surface area contributed by atoms with E-state index in [-0.39, 0.29) is 6.54 Å². The zero-order chi connectivity index (χ0) is 21.3. The van der Waals surface area contributed by atoms with Gasteiger partial charge in [-0.3, -0.25) is 0 Å². The summed E-state index contributed by atoms with van der Waals surface area (Å²) in [6.45, 7) is 6.44. The molecule has 0 spiro atoms. The van der Waals surface area contributed by atoms with Gasteiger partial charge in [-0.1, -0.05) is 47.5 Å². The summed E-state index contributed by atoms with van der Waals surface area (Å²) in [4.78, 5) is 9.50. The Hall–Kier alpha value is -3.03. The second-order valence-corrected chi connectivity index (χ2v) is 9.20. The zero-order valence-corrected chi connectivity index (χ0v) is 18.1. The van der Waals surface area contributed by atoms with Crippen molar-refractivity contribution >= 4 is 21.2 Å². The van der Waals surface area contributed by atoms with Gasteiger partial charge in [-0.25, -0.2) is 23.1 Å². The molecule has 0 saturated heterocycles. The number of nitrogens with zero attached hydrogens (tertiary/aromatic N) is 3. The number of fused-ring (bicyclic) bond motifs is 1. The van der Waals surface area contributed by atoms with E-state index in [1.165, 1.54) is 5.56 Å². The number of aromatic nitrogens is 3. The van der Waals surface area contributed by atoms with Crippen LogP contribution >= 0.6 is 0 Å². The van der Waals surface area contributed by atoms with Gasteiger partial charge in [0.05, 0.1) is 4.90 Å². The van der Waals surface area contributed by atoms with E-state index in [1.807, 2.05) is 73.9 Å². The van der Waals surface area contributed by atoms with Gasteiger partial charge >= 0.3 is 0 Å². The third kappa shape index (κ3) is 3.99. The predicted molar refractivity (Wildman–Crippen MR) is 119 cm³/mol. The van der Waals surface area contributed by atoms with Crippen LogP contribution in [0.4, 0.5) is 0 Å². The number of hydrogen-bond acceptors (Lipinski definition) is 4. The molecule has 4 aromatic rings. The fourth-order valence-corrected chi connectivity index (χ4v) is 4.81. The maximum absolute atomic E-state index is 12.8. The summed E-state index contributed by atoms with van der Waals surface area (Å²) in [5.41, 5.74) is 5.42.